The molecule has 1 saturated carbocycles. The minimum absolute atomic E-state index is 0.210. The molecule has 1 aliphatic carbocycles. The lowest BCUT2D eigenvalue weighted by Gasteiger charge is -2.30. The normalized spacial score (nSPS) is 24.0. The van der Waals surface area contributed by atoms with Crippen LogP contribution in [0.5, 0.6) is 5.75 Å². The molecule has 0 amide bonds. The molecule has 4 heteroatoms. The summed E-state index contributed by atoms with van der Waals surface area (Å²) in [5.74, 6) is 1.75. The molecule has 2 rings (SSSR count). The van der Waals surface area contributed by atoms with Crippen molar-refractivity contribution in [2.24, 2.45) is 11.8 Å². The van der Waals surface area contributed by atoms with E-state index >= 15 is 0 Å². The molecule has 0 spiro atoms. The Morgan fingerprint density at radius 3 is 2.48 bits per heavy atom. The molecule has 0 radical (unpaired) electrons. The van der Waals surface area contributed by atoms with Gasteiger partial charge in [0.15, 0.2) is 0 Å². The van der Waals surface area contributed by atoms with Crippen molar-refractivity contribution in [3.8, 4) is 5.75 Å². The Kier molecular flexibility index (Phi) is 5.97. The van der Waals surface area contributed by atoms with E-state index in [0.29, 0.717) is 0 Å². The van der Waals surface area contributed by atoms with E-state index < -0.39 is 6.61 Å². The van der Waals surface area contributed by atoms with Crippen LogP contribution in [-0.4, -0.2) is 13.2 Å². The highest BCUT2D eigenvalue weighted by molar-refractivity contribution is 5.28. The average Bonchev–Trinajstić information content (AvgIpc) is 2.46. The van der Waals surface area contributed by atoms with Crippen molar-refractivity contribution in [2.75, 3.05) is 6.54 Å². The van der Waals surface area contributed by atoms with Crippen molar-refractivity contribution in [2.45, 2.75) is 52.2 Å². The van der Waals surface area contributed by atoms with Gasteiger partial charge in [-0.25, -0.2) is 0 Å². The lowest BCUT2D eigenvalue weighted by Crippen LogP contribution is -2.31. The first-order valence-electron chi connectivity index (χ1n) is 7.84. The van der Waals surface area contributed by atoms with Crippen LogP contribution < -0.4 is 10.1 Å². The van der Waals surface area contributed by atoms with Crippen molar-refractivity contribution >= 4 is 0 Å². The van der Waals surface area contributed by atoms with E-state index in [1.54, 1.807) is 12.1 Å². The molecule has 0 aromatic heterocycles. The maximum Gasteiger partial charge on any atom is 0.387 e. The van der Waals surface area contributed by atoms with Crippen molar-refractivity contribution in [3.05, 3.63) is 29.8 Å². The molecule has 3 unspecified atom stereocenters. The van der Waals surface area contributed by atoms with E-state index in [1.165, 1.54) is 25.7 Å². The van der Waals surface area contributed by atoms with Gasteiger partial charge < -0.3 is 10.1 Å². The highest BCUT2D eigenvalue weighted by Crippen LogP contribution is 2.29. The molecule has 3 atom stereocenters. The van der Waals surface area contributed by atoms with Crippen LogP contribution in [0.3, 0.4) is 0 Å². The van der Waals surface area contributed by atoms with Crippen molar-refractivity contribution < 1.29 is 13.5 Å². The first-order valence-corrected chi connectivity index (χ1v) is 7.84. The zero-order valence-electron chi connectivity index (χ0n) is 12.8. The van der Waals surface area contributed by atoms with Crippen LogP contribution in [0.25, 0.3) is 0 Å². The number of benzene rings is 1. The van der Waals surface area contributed by atoms with Crippen LogP contribution in [0.15, 0.2) is 24.3 Å². The van der Waals surface area contributed by atoms with Gasteiger partial charge in [-0.2, -0.15) is 8.78 Å². The number of ether oxygens (including phenoxy) is 1. The molecule has 0 bridgehead atoms. The largest absolute Gasteiger partial charge is 0.435 e. The van der Waals surface area contributed by atoms with Crippen molar-refractivity contribution in [3.63, 3.8) is 0 Å². The predicted octanol–water partition coefficient (Wildman–Crippen LogP) is 4.76. The summed E-state index contributed by atoms with van der Waals surface area (Å²) in [5.41, 5.74) is 1.10. The number of rotatable bonds is 6. The SMILES string of the molecule is CC(NCC1CCCCC1C)c1ccc(OC(F)F)cc1. The predicted molar refractivity (Wildman–Crippen MR) is 80.6 cm³/mol. The summed E-state index contributed by atoms with van der Waals surface area (Å²) in [7, 11) is 0. The van der Waals surface area contributed by atoms with Crippen LogP contribution in [0.4, 0.5) is 8.78 Å². The van der Waals surface area contributed by atoms with Gasteiger partial charge in [0.25, 0.3) is 0 Å². The first kappa shape index (κ1) is 16.2. The third-order valence-corrected chi connectivity index (χ3v) is 4.58. The molecule has 1 aromatic carbocycles. The lowest BCUT2D eigenvalue weighted by atomic mass is 9.80. The maximum atomic E-state index is 12.1. The molecule has 1 aromatic rings. The molecule has 1 N–H and O–H groups in total. The summed E-state index contributed by atoms with van der Waals surface area (Å²) >= 11 is 0. The Bertz CT molecular complexity index is 421. The number of hydrogen-bond donors (Lipinski definition) is 1. The first-order chi connectivity index (χ1) is 10.1. The van der Waals surface area contributed by atoms with Gasteiger partial charge in [0.1, 0.15) is 5.75 Å². The zero-order chi connectivity index (χ0) is 15.2. The monoisotopic (exact) mass is 297 g/mol. The number of halogens is 2. The third kappa shape index (κ3) is 4.95. The molecule has 1 aliphatic rings. The number of hydrogen-bond acceptors (Lipinski definition) is 2. The highest BCUT2D eigenvalue weighted by Gasteiger charge is 2.21. The second kappa shape index (κ2) is 7.74. The van der Waals surface area contributed by atoms with E-state index in [1.807, 2.05) is 12.1 Å². The molecular weight excluding hydrogens is 272 g/mol. The summed E-state index contributed by atoms with van der Waals surface area (Å²) in [6, 6.07) is 7.12. The Morgan fingerprint density at radius 1 is 1.19 bits per heavy atom. The van der Waals surface area contributed by atoms with E-state index in [-0.39, 0.29) is 11.8 Å². The lowest BCUT2D eigenvalue weighted by molar-refractivity contribution is -0.0498. The summed E-state index contributed by atoms with van der Waals surface area (Å²) in [6.45, 7) is 2.71. The van der Waals surface area contributed by atoms with Gasteiger partial charge in [-0.3, -0.25) is 0 Å². The minimum atomic E-state index is -2.76. The van der Waals surface area contributed by atoms with Crippen molar-refractivity contribution in [1.82, 2.24) is 5.32 Å². The molecule has 118 valence electrons. The van der Waals surface area contributed by atoms with Crippen LogP contribution in [0.2, 0.25) is 0 Å². The summed E-state index contributed by atoms with van der Waals surface area (Å²) in [4.78, 5) is 0. The van der Waals surface area contributed by atoms with E-state index in [4.69, 9.17) is 0 Å². The van der Waals surface area contributed by atoms with Crippen LogP contribution in [0, 0.1) is 11.8 Å². The molecule has 1 fully saturated rings. The van der Waals surface area contributed by atoms with Gasteiger partial charge in [0.2, 0.25) is 0 Å². The second-order valence-corrected chi connectivity index (χ2v) is 6.10. The Balaban J connectivity index is 1.83. The molecule has 21 heavy (non-hydrogen) atoms. The maximum absolute atomic E-state index is 12.1. The van der Waals surface area contributed by atoms with Crippen LogP contribution in [0.1, 0.15) is 51.1 Å². The zero-order valence-corrected chi connectivity index (χ0v) is 12.8. The average molecular weight is 297 g/mol. The molecule has 2 nitrogen and oxygen atoms in total. The molecule has 0 heterocycles. The highest BCUT2D eigenvalue weighted by atomic mass is 19.3. The third-order valence-electron chi connectivity index (χ3n) is 4.58. The minimum Gasteiger partial charge on any atom is -0.435 e. The fourth-order valence-corrected chi connectivity index (χ4v) is 3.08. The van der Waals surface area contributed by atoms with Gasteiger partial charge in [0.05, 0.1) is 0 Å². The van der Waals surface area contributed by atoms with Crippen LogP contribution in [-0.2, 0) is 0 Å². The quantitative estimate of drug-likeness (QED) is 0.817. The van der Waals surface area contributed by atoms with E-state index in [0.717, 1.165) is 23.9 Å². The van der Waals surface area contributed by atoms with Gasteiger partial charge in [-0.1, -0.05) is 38.3 Å². The molecular formula is C17H25F2NO. The Morgan fingerprint density at radius 2 is 1.86 bits per heavy atom. The van der Waals surface area contributed by atoms with Crippen molar-refractivity contribution in [1.29, 1.82) is 0 Å². The van der Waals surface area contributed by atoms with Gasteiger partial charge in [-0.15, -0.1) is 0 Å². The fraction of sp³-hybridized carbons (Fsp3) is 0.647. The molecule has 0 saturated heterocycles. The van der Waals surface area contributed by atoms with Gasteiger partial charge in [0, 0.05) is 6.04 Å². The second-order valence-electron chi connectivity index (χ2n) is 6.10. The summed E-state index contributed by atoms with van der Waals surface area (Å²) < 4.78 is 28.6. The fourth-order valence-electron chi connectivity index (χ4n) is 3.08. The van der Waals surface area contributed by atoms with Gasteiger partial charge >= 0.3 is 6.61 Å². The summed E-state index contributed by atoms with van der Waals surface area (Å²) in [5, 5.41) is 3.57. The van der Waals surface area contributed by atoms with Crippen LogP contribution >= 0.6 is 0 Å². The number of nitrogens with one attached hydrogen (secondary N) is 1. The topological polar surface area (TPSA) is 21.3 Å². The van der Waals surface area contributed by atoms with E-state index in [9.17, 15) is 8.78 Å². The Hall–Kier alpha value is -1.16. The number of alkyl halides is 2. The standard InChI is InChI=1S/C17H25F2NO/c1-12-5-3-4-6-15(12)11-20-13(2)14-7-9-16(10-8-14)21-17(18)19/h7-10,12-13,15,17,20H,3-6,11H2,1-2H3. The smallest absolute Gasteiger partial charge is 0.387 e. The summed E-state index contributed by atoms with van der Waals surface area (Å²) in [6.07, 6.45) is 5.34. The van der Waals surface area contributed by atoms with Gasteiger partial charge in [-0.05, 0) is 49.4 Å². The Labute approximate surface area is 125 Å². The molecule has 0 aliphatic heterocycles. The van der Waals surface area contributed by atoms with E-state index in [2.05, 4.69) is 23.9 Å².